The van der Waals surface area contributed by atoms with Crippen LogP contribution in [-0.2, 0) is 11.3 Å². The number of hydrogen-bond acceptors (Lipinski definition) is 4. The molecule has 1 aliphatic carbocycles. The molecule has 3 rings (SSSR count). The Morgan fingerprint density at radius 1 is 1.29 bits per heavy atom. The third-order valence-corrected chi connectivity index (χ3v) is 4.36. The van der Waals surface area contributed by atoms with Crippen LogP contribution < -0.4 is 10.9 Å². The minimum Gasteiger partial charge on any atom is -0.382 e. The maximum Gasteiger partial charge on any atom is 0.287 e. The Morgan fingerprint density at radius 3 is 2.83 bits per heavy atom. The molecule has 5 nitrogen and oxygen atoms in total. The van der Waals surface area contributed by atoms with Crippen LogP contribution in [0.5, 0.6) is 0 Å². The highest BCUT2D eigenvalue weighted by atomic mass is 35.5. The molecule has 1 heterocycles. The van der Waals surface area contributed by atoms with E-state index in [1.54, 1.807) is 6.20 Å². The van der Waals surface area contributed by atoms with Crippen LogP contribution in [0.15, 0.2) is 41.3 Å². The number of rotatable bonds is 9. The molecule has 1 aromatic heterocycles. The minimum atomic E-state index is -0.282. The monoisotopic (exact) mass is 347 g/mol. The van der Waals surface area contributed by atoms with Crippen molar-refractivity contribution in [3.8, 4) is 0 Å². The normalized spacial score (nSPS) is 13.9. The molecule has 128 valence electrons. The van der Waals surface area contributed by atoms with E-state index in [1.165, 1.54) is 17.5 Å². The van der Waals surface area contributed by atoms with Gasteiger partial charge in [0.05, 0.1) is 18.4 Å². The zero-order valence-electron chi connectivity index (χ0n) is 13.6. The van der Waals surface area contributed by atoms with E-state index in [4.69, 9.17) is 16.3 Å². The van der Waals surface area contributed by atoms with Crippen LogP contribution in [-0.4, -0.2) is 29.5 Å². The van der Waals surface area contributed by atoms with Gasteiger partial charge in [0.1, 0.15) is 5.02 Å². The Bertz CT molecular complexity index is 714. The van der Waals surface area contributed by atoms with Gasteiger partial charge >= 0.3 is 0 Å². The van der Waals surface area contributed by atoms with Gasteiger partial charge in [-0.05, 0) is 30.7 Å². The molecule has 0 amide bonds. The smallest absolute Gasteiger partial charge is 0.287 e. The summed E-state index contributed by atoms with van der Waals surface area (Å²) in [4.78, 5) is 12.3. The van der Waals surface area contributed by atoms with E-state index in [-0.39, 0.29) is 10.6 Å². The first-order valence-electron chi connectivity index (χ1n) is 8.35. The lowest BCUT2D eigenvalue weighted by Gasteiger charge is -2.10. The number of halogens is 1. The van der Waals surface area contributed by atoms with E-state index in [9.17, 15) is 4.79 Å². The van der Waals surface area contributed by atoms with Crippen LogP contribution >= 0.6 is 11.6 Å². The summed E-state index contributed by atoms with van der Waals surface area (Å²) in [6, 6.07) is 9.71. The van der Waals surface area contributed by atoms with Gasteiger partial charge in [-0.3, -0.25) is 4.79 Å². The van der Waals surface area contributed by atoms with Crippen molar-refractivity contribution in [1.82, 2.24) is 9.78 Å². The van der Waals surface area contributed by atoms with Gasteiger partial charge in [0.25, 0.3) is 5.56 Å². The second kappa shape index (κ2) is 8.31. The Kier molecular flexibility index (Phi) is 5.88. The van der Waals surface area contributed by atoms with Gasteiger partial charge in [-0.25, -0.2) is 4.68 Å². The summed E-state index contributed by atoms with van der Waals surface area (Å²) >= 11 is 6.19. The van der Waals surface area contributed by atoms with Crippen LogP contribution in [0, 0.1) is 5.92 Å². The van der Waals surface area contributed by atoms with Crippen molar-refractivity contribution in [1.29, 1.82) is 0 Å². The van der Waals surface area contributed by atoms with Gasteiger partial charge in [0.15, 0.2) is 0 Å². The number of anilines is 1. The molecule has 0 bridgehead atoms. The molecule has 0 atom stereocenters. The summed E-state index contributed by atoms with van der Waals surface area (Å²) in [7, 11) is 0. The van der Waals surface area contributed by atoms with E-state index in [1.807, 2.05) is 30.3 Å². The average molecular weight is 348 g/mol. The van der Waals surface area contributed by atoms with Gasteiger partial charge in [-0.15, -0.1) is 0 Å². The highest BCUT2D eigenvalue weighted by molar-refractivity contribution is 6.32. The third kappa shape index (κ3) is 4.82. The lowest BCUT2D eigenvalue weighted by Crippen LogP contribution is -2.25. The van der Waals surface area contributed by atoms with Crippen molar-refractivity contribution in [3.05, 3.63) is 57.5 Å². The Balaban J connectivity index is 1.51. The van der Waals surface area contributed by atoms with Gasteiger partial charge in [0.2, 0.25) is 0 Å². The molecular weight excluding hydrogens is 326 g/mol. The third-order valence-electron chi connectivity index (χ3n) is 3.99. The number of ether oxygens (including phenoxy) is 1. The lowest BCUT2D eigenvalue weighted by molar-refractivity contribution is 0.124. The second-order valence-corrected chi connectivity index (χ2v) is 6.50. The molecule has 1 aromatic carbocycles. The largest absolute Gasteiger partial charge is 0.382 e. The van der Waals surface area contributed by atoms with Gasteiger partial charge in [-0.1, -0.05) is 41.9 Å². The molecule has 6 heteroatoms. The fourth-order valence-corrected chi connectivity index (χ4v) is 2.60. The van der Waals surface area contributed by atoms with Crippen LogP contribution in [0.2, 0.25) is 5.02 Å². The first-order chi connectivity index (χ1) is 11.7. The van der Waals surface area contributed by atoms with E-state index in [2.05, 4.69) is 10.4 Å². The van der Waals surface area contributed by atoms with E-state index < -0.39 is 0 Å². The summed E-state index contributed by atoms with van der Waals surface area (Å²) in [5.74, 6) is 0.786. The number of aromatic nitrogens is 2. The number of nitrogens with zero attached hydrogens (tertiary/aromatic N) is 2. The number of benzene rings is 1. The van der Waals surface area contributed by atoms with E-state index in [0.717, 1.165) is 31.1 Å². The fraction of sp³-hybridized carbons (Fsp3) is 0.444. The molecule has 0 radical (unpaired) electrons. The number of nitrogens with one attached hydrogen (secondary N) is 1. The average Bonchev–Trinajstić information content (AvgIpc) is 3.42. The van der Waals surface area contributed by atoms with Crippen LogP contribution in [0.4, 0.5) is 5.69 Å². The van der Waals surface area contributed by atoms with Crippen LogP contribution in [0.1, 0.15) is 24.8 Å². The summed E-state index contributed by atoms with van der Waals surface area (Å²) in [5.41, 5.74) is 1.31. The second-order valence-electron chi connectivity index (χ2n) is 6.12. The molecular formula is C18H22ClN3O2. The SMILES string of the molecule is O=c1c(Cl)c(NCCCOCC2CC2)cnn1Cc1ccccc1. The predicted octanol–water partition coefficient (Wildman–Crippen LogP) is 3.17. The molecule has 0 saturated heterocycles. The highest BCUT2D eigenvalue weighted by Crippen LogP contribution is 2.28. The minimum absolute atomic E-state index is 0.180. The van der Waals surface area contributed by atoms with E-state index >= 15 is 0 Å². The maximum atomic E-state index is 12.3. The first kappa shape index (κ1) is 17.0. The lowest BCUT2D eigenvalue weighted by atomic mass is 10.2. The zero-order chi connectivity index (χ0) is 16.8. The number of hydrogen-bond donors (Lipinski definition) is 1. The van der Waals surface area contributed by atoms with Crippen molar-refractivity contribution >= 4 is 17.3 Å². The summed E-state index contributed by atoms with van der Waals surface area (Å²) in [6.45, 7) is 2.71. The molecule has 1 N–H and O–H groups in total. The Labute approximate surface area is 146 Å². The maximum absolute atomic E-state index is 12.3. The van der Waals surface area contributed by atoms with Crippen LogP contribution in [0.25, 0.3) is 0 Å². The topological polar surface area (TPSA) is 56.1 Å². The van der Waals surface area contributed by atoms with Gasteiger partial charge < -0.3 is 10.1 Å². The molecule has 0 unspecified atom stereocenters. The molecule has 1 fully saturated rings. The Hall–Kier alpha value is -1.85. The van der Waals surface area contributed by atoms with Crippen LogP contribution in [0.3, 0.4) is 0 Å². The molecule has 0 spiro atoms. The van der Waals surface area contributed by atoms with Gasteiger partial charge in [-0.2, -0.15) is 5.10 Å². The standard InChI is InChI=1S/C18H22ClN3O2/c19-17-16(20-9-4-10-24-13-15-7-8-15)11-21-22(18(17)23)12-14-5-2-1-3-6-14/h1-3,5-6,11,15,20H,4,7-10,12-13H2. The zero-order valence-corrected chi connectivity index (χ0v) is 14.3. The Morgan fingerprint density at radius 2 is 2.08 bits per heavy atom. The van der Waals surface area contributed by atoms with Crippen molar-refractivity contribution < 1.29 is 4.74 Å². The summed E-state index contributed by atoms with van der Waals surface area (Å²) < 4.78 is 6.96. The molecule has 1 aliphatic rings. The highest BCUT2D eigenvalue weighted by Gasteiger charge is 2.20. The molecule has 24 heavy (non-hydrogen) atoms. The van der Waals surface area contributed by atoms with Crippen molar-refractivity contribution in [3.63, 3.8) is 0 Å². The summed E-state index contributed by atoms with van der Waals surface area (Å²) in [5, 5.41) is 7.55. The van der Waals surface area contributed by atoms with Crippen molar-refractivity contribution in [2.45, 2.75) is 25.8 Å². The van der Waals surface area contributed by atoms with Crippen molar-refractivity contribution in [2.75, 3.05) is 25.1 Å². The van der Waals surface area contributed by atoms with E-state index in [0.29, 0.717) is 18.8 Å². The predicted molar refractivity (Wildman–Crippen MR) is 95.7 cm³/mol. The molecule has 1 saturated carbocycles. The fourth-order valence-electron chi connectivity index (χ4n) is 2.39. The first-order valence-corrected chi connectivity index (χ1v) is 8.73. The van der Waals surface area contributed by atoms with Crippen molar-refractivity contribution in [2.24, 2.45) is 5.92 Å². The molecule has 2 aromatic rings. The quantitative estimate of drug-likeness (QED) is 0.708. The molecule has 0 aliphatic heterocycles. The van der Waals surface area contributed by atoms with Gasteiger partial charge in [0, 0.05) is 19.8 Å². The summed E-state index contributed by atoms with van der Waals surface area (Å²) in [6.07, 6.45) is 5.09.